The predicted octanol–water partition coefficient (Wildman–Crippen LogP) is 2.69. The molecule has 0 atom stereocenters. The second-order valence-corrected chi connectivity index (χ2v) is 4.50. The molecule has 1 N–H and O–H groups in total. The fourth-order valence-electron chi connectivity index (χ4n) is 2.05. The summed E-state index contributed by atoms with van der Waals surface area (Å²) in [4.78, 5) is 0. The smallest absolute Gasteiger partial charge is 0.0474 e. The number of nitrogens with one attached hydrogen (secondary N) is 1. The Bertz CT molecular complexity index is 320. The van der Waals surface area contributed by atoms with E-state index < -0.39 is 0 Å². The van der Waals surface area contributed by atoms with Crippen LogP contribution in [0.3, 0.4) is 0 Å². The molecule has 0 bridgehead atoms. The van der Waals surface area contributed by atoms with Crippen LogP contribution in [0.1, 0.15) is 36.3 Å². The molecule has 0 saturated heterocycles. The first-order valence-corrected chi connectivity index (χ1v) is 6.19. The van der Waals surface area contributed by atoms with Crippen LogP contribution in [0.25, 0.3) is 0 Å². The van der Waals surface area contributed by atoms with Crippen molar-refractivity contribution in [3.05, 3.63) is 35.4 Å². The van der Waals surface area contributed by atoms with Crippen molar-refractivity contribution in [3.8, 4) is 0 Å². The maximum atomic E-state index is 5.03. The quantitative estimate of drug-likeness (QED) is 0.712. The molecule has 1 aromatic rings. The molecule has 0 unspecified atom stereocenters. The van der Waals surface area contributed by atoms with Gasteiger partial charge in [-0.15, -0.1) is 0 Å². The number of ether oxygens (including phenoxy) is 1. The first-order valence-electron chi connectivity index (χ1n) is 6.19. The van der Waals surface area contributed by atoms with Crippen LogP contribution in [0, 0.1) is 0 Å². The lowest BCUT2D eigenvalue weighted by Crippen LogP contribution is -2.17. The van der Waals surface area contributed by atoms with E-state index in [9.17, 15) is 0 Å². The highest BCUT2D eigenvalue weighted by atomic mass is 16.5. The lowest BCUT2D eigenvalue weighted by molar-refractivity contribution is 0.194. The molecule has 2 rings (SSSR count). The van der Waals surface area contributed by atoms with Crippen LogP contribution in [-0.4, -0.2) is 20.3 Å². The van der Waals surface area contributed by atoms with E-state index in [0.29, 0.717) is 0 Å². The summed E-state index contributed by atoms with van der Waals surface area (Å²) in [6.45, 7) is 2.88. The van der Waals surface area contributed by atoms with Crippen molar-refractivity contribution in [2.24, 2.45) is 0 Å². The monoisotopic (exact) mass is 219 g/mol. The van der Waals surface area contributed by atoms with Gasteiger partial charge in [-0.05, 0) is 42.9 Å². The SMILES string of the molecule is COCCCNCc1ccccc1C1CC1. The zero-order chi connectivity index (χ0) is 11.2. The van der Waals surface area contributed by atoms with Gasteiger partial charge in [0.1, 0.15) is 0 Å². The second kappa shape index (κ2) is 6.02. The topological polar surface area (TPSA) is 21.3 Å². The fourth-order valence-corrected chi connectivity index (χ4v) is 2.05. The number of hydrogen-bond acceptors (Lipinski definition) is 2. The van der Waals surface area contributed by atoms with Crippen molar-refractivity contribution >= 4 is 0 Å². The molecule has 0 spiro atoms. The third kappa shape index (κ3) is 3.32. The van der Waals surface area contributed by atoms with Gasteiger partial charge < -0.3 is 10.1 Å². The lowest BCUT2D eigenvalue weighted by atomic mass is 10.0. The van der Waals surface area contributed by atoms with Gasteiger partial charge >= 0.3 is 0 Å². The molecular weight excluding hydrogens is 198 g/mol. The summed E-state index contributed by atoms with van der Waals surface area (Å²) in [5, 5.41) is 3.48. The van der Waals surface area contributed by atoms with Crippen LogP contribution < -0.4 is 5.32 Å². The summed E-state index contributed by atoms with van der Waals surface area (Å²) >= 11 is 0. The maximum absolute atomic E-state index is 5.03. The van der Waals surface area contributed by atoms with E-state index in [2.05, 4.69) is 29.6 Å². The number of rotatable bonds is 7. The van der Waals surface area contributed by atoms with Crippen LogP contribution in [0.5, 0.6) is 0 Å². The van der Waals surface area contributed by atoms with Crippen molar-refractivity contribution in [2.45, 2.75) is 31.7 Å². The highest BCUT2D eigenvalue weighted by Crippen LogP contribution is 2.41. The van der Waals surface area contributed by atoms with Crippen LogP contribution >= 0.6 is 0 Å². The third-order valence-corrected chi connectivity index (χ3v) is 3.09. The Kier molecular flexibility index (Phi) is 4.37. The highest BCUT2D eigenvalue weighted by molar-refractivity contribution is 5.33. The molecule has 1 fully saturated rings. The molecule has 1 saturated carbocycles. The zero-order valence-corrected chi connectivity index (χ0v) is 10.0. The Morgan fingerprint density at radius 3 is 2.88 bits per heavy atom. The van der Waals surface area contributed by atoms with E-state index in [0.717, 1.165) is 32.0 Å². The molecule has 2 nitrogen and oxygen atoms in total. The molecule has 1 aliphatic rings. The minimum atomic E-state index is 0.844. The minimum absolute atomic E-state index is 0.844. The van der Waals surface area contributed by atoms with Gasteiger partial charge in [0, 0.05) is 20.3 Å². The molecule has 88 valence electrons. The maximum Gasteiger partial charge on any atom is 0.0474 e. The average molecular weight is 219 g/mol. The van der Waals surface area contributed by atoms with E-state index in [1.165, 1.54) is 18.4 Å². The molecule has 0 amide bonds. The summed E-state index contributed by atoms with van der Waals surface area (Å²) in [5.41, 5.74) is 3.03. The summed E-state index contributed by atoms with van der Waals surface area (Å²) in [7, 11) is 1.75. The first kappa shape index (κ1) is 11.6. The van der Waals surface area contributed by atoms with Gasteiger partial charge in [-0.3, -0.25) is 0 Å². The third-order valence-electron chi connectivity index (χ3n) is 3.09. The van der Waals surface area contributed by atoms with Gasteiger partial charge in [-0.25, -0.2) is 0 Å². The van der Waals surface area contributed by atoms with Crippen molar-refractivity contribution in [3.63, 3.8) is 0 Å². The zero-order valence-electron chi connectivity index (χ0n) is 10.0. The molecule has 0 aliphatic heterocycles. The van der Waals surface area contributed by atoms with Crippen molar-refractivity contribution < 1.29 is 4.74 Å². The summed E-state index contributed by atoms with van der Waals surface area (Å²) in [5.74, 6) is 0.844. The van der Waals surface area contributed by atoms with Crippen LogP contribution in [0.2, 0.25) is 0 Å². The van der Waals surface area contributed by atoms with E-state index in [1.54, 1.807) is 12.7 Å². The molecule has 0 aromatic heterocycles. The lowest BCUT2D eigenvalue weighted by Gasteiger charge is -2.09. The van der Waals surface area contributed by atoms with Crippen molar-refractivity contribution in [1.29, 1.82) is 0 Å². The van der Waals surface area contributed by atoms with Gasteiger partial charge in [-0.2, -0.15) is 0 Å². The van der Waals surface area contributed by atoms with Crippen molar-refractivity contribution in [2.75, 3.05) is 20.3 Å². The van der Waals surface area contributed by atoms with Gasteiger partial charge in [0.2, 0.25) is 0 Å². The molecule has 0 radical (unpaired) electrons. The van der Waals surface area contributed by atoms with Crippen LogP contribution in [0.4, 0.5) is 0 Å². The molecule has 0 heterocycles. The Morgan fingerprint density at radius 1 is 1.31 bits per heavy atom. The molecule has 2 heteroatoms. The van der Waals surface area contributed by atoms with Crippen LogP contribution in [-0.2, 0) is 11.3 Å². The molecule has 1 aromatic carbocycles. The predicted molar refractivity (Wildman–Crippen MR) is 66.6 cm³/mol. The van der Waals surface area contributed by atoms with Crippen molar-refractivity contribution in [1.82, 2.24) is 5.32 Å². The Hall–Kier alpha value is -0.860. The summed E-state index contributed by atoms with van der Waals surface area (Å²) in [6.07, 6.45) is 3.84. The largest absolute Gasteiger partial charge is 0.385 e. The molecule has 1 aliphatic carbocycles. The number of benzene rings is 1. The number of methoxy groups -OCH3 is 1. The van der Waals surface area contributed by atoms with E-state index in [1.807, 2.05) is 0 Å². The fraction of sp³-hybridized carbons (Fsp3) is 0.571. The normalized spacial score (nSPS) is 15.3. The van der Waals surface area contributed by atoms with Gasteiger partial charge in [0.25, 0.3) is 0 Å². The average Bonchev–Trinajstić information content (AvgIpc) is 3.13. The Labute approximate surface area is 98.0 Å². The standard InChI is InChI=1S/C14H21NO/c1-16-10-4-9-15-11-13-5-2-3-6-14(13)12-7-8-12/h2-3,5-6,12,15H,4,7-11H2,1H3. The van der Waals surface area contributed by atoms with Gasteiger partial charge in [-0.1, -0.05) is 24.3 Å². The second-order valence-electron chi connectivity index (χ2n) is 4.50. The Balaban J connectivity index is 1.79. The molecule has 16 heavy (non-hydrogen) atoms. The number of hydrogen-bond donors (Lipinski definition) is 1. The first-order chi connectivity index (χ1) is 7.92. The van der Waals surface area contributed by atoms with Crippen LogP contribution in [0.15, 0.2) is 24.3 Å². The van der Waals surface area contributed by atoms with E-state index >= 15 is 0 Å². The summed E-state index contributed by atoms with van der Waals surface area (Å²) in [6, 6.07) is 8.82. The molecular formula is C14H21NO. The van der Waals surface area contributed by atoms with E-state index in [4.69, 9.17) is 4.74 Å². The van der Waals surface area contributed by atoms with Gasteiger partial charge in [0.05, 0.1) is 0 Å². The Morgan fingerprint density at radius 2 is 2.12 bits per heavy atom. The van der Waals surface area contributed by atoms with Gasteiger partial charge in [0.15, 0.2) is 0 Å². The van der Waals surface area contributed by atoms with E-state index in [-0.39, 0.29) is 0 Å². The summed E-state index contributed by atoms with van der Waals surface area (Å²) < 4.78 is 5.03. The highest BCUT2D eigenvalue weighted by Gasteiger charge is 2.25. The minimum Gasteiger partial charge on any atom is -0.385 e.